The molecular formula is C21H26N4O3. The number of para-hydroxylation sites is 2. The molecule has 7 heteroatoms. The van der Waals surface area contributed by atoms with Gasteiger partial charge in [0.05, 0.1) is 5.56 Å². The number of carbonyl (C=O) groups is 1. The molecule has 0 saturated carbocycles. The number of nitrogens with zero attached hydrogens (tertiary/aromatic N) is 3. The van der Waals surface area contributed by atoms with Gasteiger partial charge in [0.25, 0.3) is 5.91 Å². The van der Waals surface area contributed by atoms with Crippen molar-refractivity contribution in [2.24, 2.45) is 0 Å². The molecule has 0 spiro atoms. The number of aromatic nitrogens is 1. The number of amides is 1. The predicted octanol–water partition coefficient (Wildman–Crippen LogP) is 1.79. The largest absolute Gasteiger partial charge is 0.486 e. The van der Waals surface area contributed by atoms with Crippen LogP contribution in [0.25, 0.3) is 0 Å². The van der Waals surface area contributed by atoms with E-state index in [1.165, 1.54) is 0 Å². The number of rotatable bonds is 5. The third kappa shape index (κ3) is 4.36. The number of hydrogen-bond donors (Lipinski definition) is 1. The molecule has 1 fully saturated rings. The van der Waals surface area contributed by atoms with Crippen LogP contribution in [0.1, 0.15) is 16.8 Å². The van der Waals surface area contributed by atoms with Gasteiger partial charge in [-0.3, -0.25) is 4.79 Å². The molecule has 2 aromatic rings. The van der Waals surface area contributed by atoms with Crippen molar-refractivity contribution >= 4 is 11.7 Å². The minimum Gasteiger partial charge on any atom is -0.486 e. The molecule has 0 aliphatic carbocycles. The number of fused-ring (bicyclic) bond motifs is 1. The third-order valence-corrected chi connectivity index (χ3v) is 5.16. The highest BCUT2D eigenvalue weighted by atomic mass is 16.6. The highest BCUT2D eigenvalue weighted by Gasteiger charge is 2.20. The van der Waals surface area contributed by atoms with Crippen LogP contribution in [0.3, 0.4) is 0 Å². The Balaban J connectivity index is 1.24. The van der Waals surface area contributed by atoms with E-state index >= 15 is 0 Å². The molecule has 0 unspecified atom stereocenters. The van der Waals surface area contributed by atoms with E-state index in [1.54, 1.807) is 6.20 Å². The summed E-state index contributed by atoms with van der Waals surface area (Å²) in [7, 11) is 2.13. The zero-order valence-electron chi connectivity index (χ0n) is 16.1. The Morgan fingerprint density at radius 3 is 2.68 bits per heavy atom. The van der Waals surface area contributed by atoms with Crippen LogP contribution in [0.15, 0.2) is 42.6 Å². The number of ether oxygens (including phenoxy) is 2. The van der Waals surface area contributed by atoms with Gasteiger partial charge < -0.3 is 24.6 Å². The lowest BCUT2D eigenvalue weighted by Crippen LogP contribution is -2.44. The topological polar surface area (TPSA) is 66.9 Å². The van der Waals surface area contributed by atoms with Gasteiger partial charge >= 0.3 is 0 Å². The molecule has 2 aliphatic rings. The molecule has 1 aromatic heterocycles. The van der Waals surface area contributed by atoms with Crippen LogP contribution in [-0.4, -0.2) is 68.3 Å². The van der Waals surface area contributed by atoms with Crippen molar-refractivity contribution in [3.8, 4) is 11.5 Å². The van der Waals surface area contributed by atoms with Crippen LogP contribution >= 0.6 is 0 Å². The van der Waals surface area contributed by atoms with Gasteiger partial charge in [-0.25, -0.2) is 4.98 Å². The van der Waals surface area contributed by atoms with Gasteiger partial charge in [0.1, 0.15) is 18.5 Å². The Bertz CT molecular complexity index is 804. The first-order valence-electron chi connectivity index (χ1n) is 9.75. The number of likely N-dealkylation sites (N-methyl/N-ethyl adjacent to an activating group) is 1. The second-order valence-electron chi connectivity index (χ2n) is 7.24. The van der Waals surface area contributed by atoms with E-state index < -0.39 is 0 Å². The monoisotopic (exact) mass is 382 g/mol. The first-order chi connectivity index (χ1) is 13.7. The van der Waals surface area contributed by atoms with Crippen molar-refractivity contribution in [2.75, 3.05) is 51.3 Å². The lowest BCUT2D eigenvalue weighted by Gasteiger charge is -2.33. The molecule has 1 aromatic carbocycles. The van der Waals surface area contributed by atoms with Crippen LogP contribution in [0.4, 0.5) is 5.82 Å². The van der Waals surface area contributed by atoms with Crippen LogP contribution in [0.2, 0.25) is 0 Å². The van der Waals surface area contributed by atoms with E-state index in [2.05, 4.69) is 27.1 Å². The van der Waals surface area contributed by atoms with E-state index in [4.69, 9.17) is 9.47 Å². The molecule has 1 saturated heterocycles. The summed E-state index contributed by atoms with van der Waals surface area (Å²) >= 11 is 0. The number of anilines is 1. The van der Waals surface area contributed by atoms with Gasteiger partial charge in [0.15, 0.2) is 11.5 Å². The molecule has 0 bridgehead atoms. The summed E-state index contributed by atoms with van der Waals surface area (Å²) in [6.07, 6.45) is 2.28. The Morgan fingerprint density at radius 2 is 1.93 bits per heavy atom. The van der Waals surface area contributed by atoms with Gasteiger partial charge in [0, 0.05) is 45.3 Å². The lowest BCUT2D eigenvalue weighted by molar-refractivity contribution is 0.0812. The van der Waals surface area contributed by atoms with Crippen molar-refractivity contribution in [1.82, 2.24) is 15.2 Å². The quantitative estimate of drug-likeness (QED) is 0.851. The van der Waals surface area contributed by atoms with Crippen molar-refractivity contribution < 1.29 is 14.3 Å². The van der Waals surface area contributed by atoms with Gasteiger partial charge in [-0.1, -0.05) is 12.1 Å². The van der Waals surface area contributed by atoms with Crippen molar-refractivity contribution in [2.45, 2.75) is 12.5 Å². The number of carbonyl (C=O) groups excluding carboxylic acids is 1. The summed E-state index contributed by atoms with van der Waals surface area (Å²) in [5, 5.41) is 2.94. The summed E-state index contributed by atoms with van der Waals surface area (Å²) < 4.78 is 11.6. The van der Waals surface area contributed by atoms with Gasteiger partial charge in [-0.2, -0.15) is 0 Å². The fourth-order valence-corrected chi connectivity index (χ4v) is 3.40. The molecule has 1 atom stereocenters. The summed E-state index contributed by atoms with van der Waals surface area (Å²) in [4.78, 5) is 21.4. The van der Waals surface area contributed by atoms with Crippen molar-refractivity contribution in [3.05, 3.63) is 48.2 Å². The maximum atomic E-state index is 12.4. The fourth-order valence-electron chi connectivity index (χ4n) is 3.40. The summed E-state index contributed by atoms with van der Waals surface area (Å²) in [5.41, 5.74) is 0.573. The first-order valence-corrected chi connectivity index (χ1v) is 9.75. The Kier molecular flexibility index (Phi) is 5.62. The van der Waals surface area contributed by atoms with Crippen LogP contribution in [-0.2, 0) is 0 Å². The summed E-state index contributed by atoms with van der Waals surface area (Å²) in [6.45, 7) is 5.00. The highest BCUT2D eigenvalue weighted by Crippen LogP contribution is 2.31. The summed E-state index contributed by atoms with van der Waals surface area (Å²) in [6, 6.07) is 11.4. The van der Waals surface area contributed by atoms with Crippen molar-refractivity contribution in [3.63, 3.8) is 0 Å². The zero-order chi connectivity index (χ0) is 19.3. The zero-order valence-corrected chi connectivity index (χ0v) is 16.1. The molecule has 4 rings (SSSR count). The number of nitrogens with one attached hydrogen (secondary N) is 1. The maximum Gasteiger partial charge on any atom is 0.252 e. The maximum absolute atomic E-state index is 12.4. The molecule has 148 valence electrons. The summed E-state index contributed by atoms with van der Waals surface area (Å²) in [5.74, 6) is 2.34. The Labute approximate surface area is 165 Å². The van der Waals surface area contributed by atoms with Gasteiger partial charge in [-0.15, -0.1) is 0 Å². The molecular weight excluding hydrogens is 356 g/mol. The molecule has 1 amide bonds. The Hall–Kier alpha value is -2.80. The molecule has 3 heterocycles. The smallest absolute Gasteiger partial charge is 0.252 e. The van der Waals surface area contributed by atoms with Crippen LogP contribution < -0.4 is 19.7 Å². The normalized spacial score (nSPS) is 19.3. The molecule has 2 aliphatic heterocycles. The van der Waals surface area contributed by atoms with Crippen LogP contribution in [0, 0.1) is 0 Å². The van der Waals surface area contributed by atoms with Gasteiger partial charge in [-0.05, 0) is 31.3 Å². The lowest BCUT2D eigenvalue weighted by atomic mass is 10.2. The molecule has 7 nitrogen and oxygen atoms in total. The van der Waals surface area contributed by atoms with E-state index in [0.29, 0.717) is 25.1 Å². The number of hydrogen-bond acceptors (Lipinski definition) is 6. The van der Waals surface area contributed by atoms with Crippen LogP contribution in [0.5, 0.6) is 11.5 Å². The first kappa shape index (κ1) is 18.6. The van der Waals surface area contributed by atoms with E-state index in [0.717, 1.165) is 43.5 Å². The average molecular weight is 382 g/mol. The molecule has 28 heavy (non-hydrogen) atoms. The minimum atomic E-state index is -0.116. The van der Waals surface area contributed by atoms with E-state index in [-0.39, 0.29) is 12.0 Å². The van der Waals surface area contributed by atoms with E-state index in [1.807, 2.05) is 36.4 Å². The SMILES string of the molecule is CN1CCN(c2ccc(C(=O)NCC[C@H]3COc4ccccc4O3)cn2)CC1. The average Bonchev–Trinajstić information content (AvgIpc) is 2.74. The molecule has 1 N–H and O–H groups in total. The second-order valence-corrected chi connectivity index (χ2v) is 7.24. The minimum absolute atomic E-state index is 0.0621. The highest BCUT2D eigenvalue weighted by molar-refractivity contribution is 5.94. The fraction of sp³-hybridized carbons (Fsp3) is 0.429. The molecule has 0 radical (unpaired) electrons. The Morgan fingerprint density at radius 1 is 1.14 bits per heavy atom. The number of pyridine rings is 1. The predicted molar refractivity (Wildman–Crippen MR) is 107 cm³/mol. The van der Waals surface area contributed by atoms with Crippen molar-refractivity contribution in [1.29, 1.82) is 0 Å². The van der Waals surface area contributed by atoms with E-state index in [9.17, 15) is 4.79 Å². The number of benzene rings is 1. The third-order valence-electron chi connectivity index (χ3n) is 5.16. The number of piperazine rings is 1. The van der Waals surface area contributed by atoms with Gasteiger partial charge in [0.2, 0.25) is 0 Å². The standard InChI is InChI=1S/C21H26N4O3/c1-24-10-12-25(13-11-24)20-7-6-16(14-23-20)21(26)22-9-8-17-15-27-18-4-2-3-5-19(18)28-17/h2-7,14,17H,8-13,15H2,1H3,(H,22,26)/t17-/m0/s1. The second kappa shape index (κ2) is 8.48.